The molecule has 10 heteroatoms. The largest absolute Gasteiger partial charge is 0.350 e. The summed E-state index contributed by atoms with van der Waals surface area (Å²) in [5, 5.41) is 2.86. The van der Waals surface area contributed by atoms with E-state index < -0.39 is 10.0 Å². The zero-order chi connectivity index (χ0) is 22.3. The maximum atomic E-state index is 13.3. The van der Waals surface area contributed by atoms with E-state index in [1.54, 1.807) is 36.9 Å². The van der Waals surface area contributed by atoms with Crippen LogP contribution in [-0.2, 0) is 21.4 Å². The summed E-state index contributed by atoms with van der Waals surface area (Å²) in [5.41, 5.74) is 0.844. The fraction of sp³-hybridized carbons (Fsp3) is 0.450. The lowest BCUT2D eigenvalue weighted by molar-refractivity contribution is -0.128. The number of carbonyl (C=O) groups excluding carboxylic acids is 2. The first-order chi connectivity index (χ1) is 13.9. The summed E-state index contributed by atoms with van der Waals surface area (Å²) >= 11 is 0. The molecule has 0 atom stereocenters. The molecule has 0 fully saturated rings. The Morgan fingerprint density at radius 1 is 1.20 bits per heavy atom. The molecule has 1 aromatic heterocycles. The van der Waals surface area contributed by atoms with Gasteiger partial charge in [0.1, 0.15) is 11.2 Å². The van der Waals surface area contributed by atoms with Crippen LogP contribution in [0.3, 0.4) is 0 Å². The molecule has 2 aromatic rings. The van der Waals surface area contributed by atoms with Gasteiger partial charge in [0.25, 0.3) is 5.91 Å². The molecule has 0 bridgehead atoms. The van der Waals surface area contributed by atoms with Crippen LogP contribution in [0.2, 0.25) is 0 Å². The fourth-order valence-corrected chi connectivity index (χ4v) is 4.58. The Balaban J connectivity index is 2.09. The number of nitrogens with zero attached hydrogens (tertiary/aromatic N) is 4. The second-order valence-electron chi connectivity index (χ2n) is 8.68. The first-order valence-corrected chi connectivity index (χ1v) is 11.0. The Morgan fingerprint density at radius 3 is 2.50 bits per heavy atom. The van der Waals surface area contributed by atoms with Crippen LogP contribution in [-0.4, -0.2) is 66.2 Å². The van der Waals surface area contributed by atoms with Gasteiger partial charge in [0, 0.05) is 20.6 Å². The molecule has 1 N–H and O–H groups in total. The van der Waals surface area contributed by atoms with Gasteiger partial charge in [-0.3, -0.25) is 14.2 Å². The number of fused-ring (bicyclic) bond motifs is 3. The zero-order valence-electron chi connectivity index (χ0n) is 17.8. The summed E-state index contributed by atoms with van der Waals surface area (Å²) in [4.78, 5) is 30.8. The monoisotopic (exact) mass is 433 g/mol. The summed E-state index contributed by atoms with van der Waals surface area (Å²) in [7, 11) is -0.826. The third kappa shape index (κ3) is 4.24. The van der Waals surface area contributed by atoms with E-state index in [4.69, 9.17) is 0 Å². The lowest BCUT2D eigenvalue weighted by atomic mass is 9.97. The third-order valence-electron chi connectivity index (χ3n) is 4.74. The minimum absolute atomic E-state index is 0.0642. The van der Waals surface area contributed by atoms with Crippen molar-refractivity contribution in [1.82, 2.24) is 24.1 Å². The number of aromatic nitrogens is 2. The van der Waals surface area contributed by atoms with E-state index in [1.165, 1.54) is 17.3 Å². The number of hydrogen-bond donors (Lipinski definition) is 1. The molecular formula is C20H27N5O4S. The van der Waals surface area contributed by atoms with Crippen molar-refractivity contribution in [2.75, 3.05) is 27.2 Å². The first kappa shape index (κ1) is 22.0. The SMILES string of the molecule is CN(C)C(=O)CN1Cc2c(C(=O)NCC(C)(C)C)ncn2-c2ccccc2S1(=O)=O. The van der Waals surface area contributed by atoms with Crippen LogP contribution < -0.4 is 5.32 Å². The Bertz CT molecular complexity index is 1080. The van der Waals surface area contributed by atoms with Crippen LogP contribution in [0.5, 0.6) is 0 Å². The van der Waals surface area contributed by atoms with Gasteiger partial charge in [0.05, 0.1) is 24.5 Å². The van der Waals surface area contributed by atoms with E-state index in [2.05, 4.69) is 10.3 Å². The number of amides is 2. The van der Waals surface area contributed by atoms with Crippen LogP contribution in [0.25, 0.3) is 5.69 Å². The third-order valence-corrected chi connectivity index (χ3v) is 6.58. The predicted octanol–water partition coefficient (Wildman–Crippen LogP) is 1.24. The second kappa shape index (κ2) is 7.84. The van der Waals surface area contributed by atoms with Crippen LogP contribution in [0.15, 0.2) is 35.5 Å². The van der Waals surface area contributed by atoms with Crippen molar-refractivity contribution in [3.8, 4) is 5.69 Å². The molecular weight excluding hydrogens is 406 g/mol. The molecule has 1 aliphatic heterocycles. The van der Waals surface area contributed by atoms with E-state index >= 15 is 0 Å². The number of likely N-dealkylation sites (N-methyl/N-ethyl adjacent to an activating group) is 1. The van der Waals surface area contributed by atoms with Gasteiger partial charge >= 0.3 is 0 Å². The lowest BCUT2D eigenvalue weighted by Gasteiger charge is -2.22. The van der Waals surface area contributed by atoms with E-state index in [-0.39, 0.29) is 40.9 Å². The van der Waals surface area contributed by atoms with Gasteiger partial charge in [-0.05, 0) is 17.5 Å². The van der Waals surface area contributed by atoms with E-state index in [0.29, 0.717) is 17.9 Å². The highest BCUT2D eigenvalue weighted by Crippen LogP contribution is 2.31. The van der Waals surface area contributed by atoms with Crippen molar-refractivity contribution >= 4 is 21.8 Å². The molecule has 0 spiro atoms. The summed E-state index contributed by atoms with van der Waals surface area (Å²) in [6.45, 7) is 5.96. The molecule has 0 aliphatic carbocycles. The number of benzene rings is 1. The van der Waals surface area contributed by atoms with Crippen LogP contribution in [0.4, 0.5) is 0 Å². The lowest BCUT2D eigenvalue weighted by Crippen LogP contribution is -2.40. The topological polar surface area (TPSA) is 105 Å². The van der Waals surface area contributed by atoms with Gasteiger partial charge < -0.3 is 10.2 Å². The summed E-state index contributed by atoms with van der Waals surface area (Å²) < 4.78 is 29.3. The quantitative estimate of drug-likeness (QED) is 0.781. The molecule has 1 aliphatic rings. The summed E-state index contributed by atoms with van der Waals surface area (Å²) in [6, 6.07) is 6.50. The molecule has 1 aromatic carbocycles. The summed E-state index contributed by atoms with van der Waals surface area (Å²) in [5.74, 6) is -0.739. The Kier molecular flexibility index (Phi) is 5.74. The van der Waals surface area contributed by atoms with Crippen LogP contribution in [0.1, 0.15) is 37.0 Å². The average molecular weight is 434 g/mol. The highest BCUT2D eigenvalue weighted by molar-refractivity contribution is 7.89. The van der Waals surface area contributed by atoms with Crippen molar-refractivity contribution in [2.45, 2.75) is 32.2 Å². The molecule has 9 nitrogen and oxygen atoms in total. The maximum absolute atomic E-state index is 13.3. The Labute approximate surface area is 176 Å². The Hall–Kier alpha value is -2.72. The number of sulfonamides is 1. The van der Waals surface area contributed by atoms with Gasteiger partial charge in [-0.15, -0.1) is 0 Å². The highest BCUT2D eigenvalue weighted by atomic mass is 32.2. The standard InChI is InChI=1S/C20H27N5O4S/c1-20(2,3)12-21-19(27)18-15-10-24(11-17(26)23(4)5)30(28,29)16-9-7-6-8-14(16)25(15)13-22-18/h6-9,13H,10-12H2,1-5H3,(H,21,27). The van der Waals surface area contributed by atoms with Crippen molar-refractivity contribution in [1.29, 1.82) is 0 Å². The molecule has 0 unspecified atom stereocenters. The molecule has 0 radical (unpaired) electrons. The van der Waals surface area contributed by atoms with Crippen LogP contribution in [0, 0.1) is 5.41 Å². The van der Waals surface area contributed by atoms with Gasteiger partial charge in [-0.25, -0.2) is 13.4 Å². The normalized spacial score (nSPS) is 15.6. The first-order valence-electron chi connectivity index (χ1n) is 9.56. The number of carbonyl (C=O) groups is 2. The average Bonchev–Trinajstić information content (AvgIpc) is 3.04. The molecule has 3 rings (SSSR count). The Morgan fingerprint density at radius 2 is 1.87 bits per heavy atom. The van der Waals surface area contributed by atoms with Crippen molar-refractivity contribution in [3.05, 3.63) is 42.0 Å². The highest BCUT2D eigenvalue weighted by Gasteiger charge is 2.36. The van der Waals surface area contributed by atoms with Crippen LogP contribution >= 0.6 is 0 Å². The minimum atomic E-state index is -3.96. The molecule has 0 saturated carbocycles. The van der Waals surface area contributed by atoms with Crippen molar-refractivity contribution < 1.29 is 18.0 Å². The molecule has 0 saturated heterocycles. The van der Waals surface area contributed by atoms with Gasteiger partial charge in [0.2, 0.25) is 15.9 Å². The van der Waals surface area contributed by atoms with Crippen molar-refractivity contribution in [2.24, 2.45) is 5.41 Å². The number of hydrogen-bond acceptors (Lipinski definition) is 5. The fourth-order valence-electron chi connectivity index (χ4n) is 3.05. The predicted molar refractivity (Wildman–Crippen MR) is 112 cm³/mol. The van der Waals surface area contributed by atoms with E-state index in [0.717, 1.165) is 4.31 Å². The minimum Gasteiger partial charge on any atom is -0.350 e. The van der Waals surface area contributed by atoms with Gasteiger partial charge in [-0.1, -0.05) is 32.9 Å². The van der Waals surface area contributed by atoms with Crippen molar-refractivity contribution in [3.63, 3.8) is 0 Å². The molecule has 2 amide bonds. The number of imidazole rings is 1. The smallest absolute Gasteiger partial charge is 0.271 e. The molecule has 30 heavy (non-hydrogen) atoms. The molecule has 162 valence electrons. The number of nitrogens with one attached hydrogen (secondary N) is 1. The van der Waals surface area contributed by atoms with Gasteiger partial charge in [-0.2, -0.15) is 4.31 Å². The second-order valence-corrected chi connectivity index (χ2v) is 10.6. The zero-order valence-corrected chi connectivity index (χ0v) is 18.7. The summed E-state index contributed by atoms with van der Waals surface area (Å²) in [6.07, 6.45) is 1.45. The van der Waals surface area contributed by atoms with E-state index in [9.17, 15) is 18.0 Å². The maximum Gasteiger partial charge on any atom is 0.271 e. The number of rotatable bonds is 4. The number of para-hydroxylation sites is 1. The van der Waals surface area contributed by atoms with Gasteiger partial charge in [0.15, 0.2) is 5.69 Å². The molecule has 2 heterocycles. The van der Waals surface area contributed by atoms with E-state index in [1.807, 2.05) is 20.8 Å².